The van der Waals surface area contributed by atoms with E-state index in [-0.39, 0.29) is 11.7 Å². The molecule has 3 aliphatic rings. The molecule has 1 aromatic carbocycles. The molecule has 0 spiro atoms. The van der Waals surface area contributed by atoms with Gasteiger partial charge in [-0.05, 0) is 49.4 Å². The van der Waals surface area contributed by atoms with Gasteiger partial charge in [-0.3, -0.25) is 4.79 Å². The first-order chi connectivity index (χ1) is 17.1. The Labute approximate surface area is 214 Å². The van der Waals surface area contributed by atoms with Crippen LogP contribution in [0.15, 0.2) is 35.3 Å². The van der Waals surface area contributed by atoms with Crippen molar-refractivity contribution in [2.45, 2.75) is 55.4 Å². The lowest BCUT2D eigenvalue weighted by molar-refractivity contribution is 0.0609. The van der Waals surface area contributed by atoms with Crippen molar-refractivity contribution in [1.29, 1.82) is 0 Å². The van der Waals surface area contributed by atoms with Crippen molar-refractivity contribution in [3.05, 3.63) is 51.9 Å². The first kappa shape index (κ1) is 23.4. The van der Waals surface area contributed by atoms with E-state index < -0.39 is 10.8 Å². The van der Waals surface area contributed by atoms with E-state index in [1.54, 1.807) is 24.4 Å². The fourth-order valence-corrected chi connectivity index (χ4v) is 4.71. The molecule has 6 rings (SSSR count). The monoisotopic (exact) mass is 474 g/mol. The van der Waals surface area contributed by atoms with Crippen LogP contribution in [0.5, 0.6) is 17.2 Å². The lowest BCUT2D eigenvalue weighted by Crippen LogP contribution is -2.65. The van der Waals surface area contributed by atoms with E-state index in [0.29, 0.717) is 28.8 Å². The fraction of sp³-hybridized carbons (Fsp3) is 0.458. The van der Waals surface area contributed by atoms with Crippen LogP contribution in [0, 0.1) is 6.92 Å². The predicted molar refractivity (Wildman–Crippen MR) is 138 cm³/mol. The van der Waals surface area contributed by atoms with Crippen LogP contribution in [0.3, 0.4) is 0 Å². The maximum absolute atomic E-state index is 13.0. The second kappa shape index (κ2) is 8.25. The third-order valence-electron chi connectivity index (χ3n) is 7.03. The fourth-order valence-electron chi connectivity index (χ4n) is 4.71. The van der Waals surface area contributed by atoms with Crippen molar-refractivity contribution < 1.29 is 14.2 Å². The Balaban J connectivity index is 1.16. The third kappa shape index (κ3) is 4.04. The SMILES string of the molecule is [B]C1([B])Oc2ccc(OC3CCN(c4nn5c(=O)c(C6CC6)cnc5cc4C)CC3)cc2OC1([B])[B]. The molecule has 0 unspecified atom stereocenters. The summed E-state index contributed by atoms with van der Waals surface area (Å²) in [6, 6.07) is 7.01. The number of piperidine rings is 1. The Bertz CT molecular complexity index is 1400. The number of aromatic nitrogens is 3. The minimum Gasteiger partial charge on any atom is -0.501 e. The second-order valence-electron chi connectivity index (χ2n) is 9.92. The molecule has 4 heterocycles. The summed E-state index contributed by atoms with van der Waals surface area (Å²) in [5.41, 5.74) is 2.24. The van der Waals surface area contributed by atoms with Gasteiger partial charge in [0, 0.05) is 54.6 Å². The number of ether oxygens (including phenoxy) is 3. The van der Waals surface area contributed by atoms with Crippen LogP contribution in [0.1, 0.15) is 42.7 Å². The smallest absolute Gasteiger partial charge is 0.277 e. The summed E-state index contributed by atoms with van der Waals surface area (Å²) in [6.07, 6.45) is 5.32. The molecule has 1 aliphatic carbocycles. The zero-order chi connectivity index (χ0) is 25.2. The topological polar surface area (TPSA) is 78.2 Å². The number of hydrogen-bond donors (Lipinski definition) is 0. The molecule has 8 radical (unpaired) electrons. The first-order valence-corrected chi connectivity index (χ1v) is 12.1. The summed E-state index contributed by atoms with van der Waals surface area (Å²) in [4.78, 5) is 19.6. The highest BCUT2D eigenvalue weighted by Gasteiger charge is 2.43. The Morgan fingerprint density at radius 3 is 2.39 bits per heavy atom. The maximum atomic E-state index is 13.0. The van der Waals surface area contributed by atoms with Crippen LogP contribution in [-0.2, 0) is 0 Å². The van der Waals surface area contributed by atoms with E-state index in [2.05, 4.69) is 9.88 Å². The Morgan fingerprint density at radius 1 is 1.00 bits per heavy atom. The largest absolute Gasteiger partial charge is 0.501 e. The molecule has 2 fully saturated rings. The maximum Gasteiger partial charge on any atom is 0.277 e. The van der Waals surface area contributed by atoms with E-state index in [9.17, 15) is 4.79 Å². The Morgan fingerprint density at radius 2 is 1.69 bits per heavy atom. The molecule has 0 amide bonds. The quantitative estimate of drug-likeness (QED) is 0.525. The lowest BCUT2D eigenvalue weighted by atomic mass is 9.41. The van der Waals surface area contributed by atoms with Gasteiger partial charge < -0.3 is 19.1 Å². The number of hydrogen-bond acceptors (Lipinski definition) is 7. The van der Waals surface area contributed by atoms with Crippen molar-refractivity contribution >= 4 is 42.9 Å². The predicted octanol–water partition coefficient (Wildman–Crippen LogP) is 1.08. The molecule has 1 saturated carbocycles. The van der Waals surface area contributed by atoms with E-state index in [1.807, 2.05) is 13.0 Å². The highest BCUT2D eigenvalue weighted by atomic mass is 16.6. The normalized spacial score (nSPS) is 20.9. The number of fused-ring (bicyclic) bond motifs is 2. The Hall–Kier alpha value is -3.03. The molecule has 36 heavy (non-hydrogen) atoms. The van der Waals surface area contributed by atoms with E-state index in [1.165, 1.54) is 4.52 Å². The molecular formula is C24H22B4N4O4. The number of anilines is 1. The molecule has 174 valence electrons. The lowest BCUT2D eigenvalue weighted by Gasteiger charge is -2.48. The molecular weight excluding hydrogens is 452 g/mol. The van der Waals surface area contributed by atoms with Crippen molar-refractivity contribution in [2.24, 2.45) is 0 Å². The van der Waals surface area contributed by atoms with E-state index in [4.69, 9.17) is 50.7 Å². The number of benzene rings is 1. The molecule has 8 nitrogen and oxygen atoms in total. The summed E-state index contributed by atoms with van der Waals surface area (Å²) in [6.45, 7) is 3.46. The summed E-state index contributed by atoms with van der Waals surface area (Å²) < 4.78 is 18.7. The van der Waals surface area contributed by atoms with Crippen molar-refractivity contribution in [1.82, 2.24) is 14.6 Å². The van der Waals surface area contributed by atoms with E-state index in [0.717, 1.165) is 55.7 Å². The van der Waals surface area contributed by atoms with Crippen molar-refractivity contribution in [3.63, 3.8) is 0 Å². The van der Waals surface area contributed by atoms with Crippen LogP contribution in [0.4, 0.5) is 5.82 Å². The molecule has 1 saturated heterocycles. The number of rotatable bonds is 4. The minimum absolute atomic E-state index is 0.0148. The van der Waals surface area contributed by atoms with Crippen LogP contribution >= 0.6 is 0 Å². The van der Waals surface area contributed by atoms with Gasteiger partial charge in [0.25, 0.3) is 5.56 Å². The van der Waals surface area contributed by atoms with E-state index >= 15 is 0 Å². The van der Waals surface area contributed by atoms with Crippen LogP contribution < -0.4 is 24.7 Å². The molecule has 2 aliphatic heterocycles. The molecule has 12 heteroatoms. The van der Waals surface area contributed by atoms with Crippen molar-refractivity contribution in [2.75, 3.05) is 18.0 Å². The van der Waals surface area contributed by atoms with Gasteiger partial charge in [-0.15, -0.1) is 5.10 Å². The standard InChI is InChI=1S/C24H22B4N4O4/c1-13-10-20-29-12-17(14-2-3-14)22(33)32(20)30-21(13)31-8-6-15(7-9-31)34-16-4-5-18-19(11-16)36-24(27,28)23(25,26)35-18/h4-5,10-12,14-15H,2-3,6-9H2,1H3. The summed E-state index contributed by atoms with van der Waals surface area (Å²) in [5.74, 6) is 2.36. The highest BCUT2D eigenvalue weighted by molar-refractivity contribution is 6.53. The van der Waals surface area contributed by atoms with Gasteiger partial charge in [-0.2, -0.15) is 4.52 Å². The van der Waals surface area contributed by atoms with Gasteiger partial charge in [0.2, 0.25) is 0 Å². The minimum atomic E-state index is -1.90. The van der Waals surface area contributed by atoms with Gasteiger partial charge in [-0.25, -0.2) is 4.98 Å². The van der Waals surface area contributed by atoms with Gasteiger partial charge in [-0.1, -0.05) is 0 Å². The highest BCUT2D eigenvalue weighted by Crippen LogP contribution is 2.41. The average molecular weight is 474 g/mol. The van der Waals surface area contributed by atoms with Crippen LogP contribution in [0.25, 0.3) is 5.65 Å². The summed E-state index contributed by atoms with van der Waals surface area (Å²) in [5, 5.41) is 0.936. The van der Waals surface area contributed by atoms with Crippen molar-refractivity contribution in [3.8, 4) is 17.2 Å². The number of nitrogens with zero attached hydrogens (tertiary/aromatic N) is 4. The molecule has 3 aromatic rings. The zero-order valence-electron chi connectivity index (χ0n) is 20.0. The molecule has 0 bridgehead atoms. The molecule has 0 atom stereocenters. The third-order valence-corrected chi connectivity index (χ3v) is 7.03. The van der Waals surface area contributed by atoms with Gasteiger partial charge >= 0.3 is 0 Å². The molecule has 0 N–H and O–H groups in total. The van der Waals surface area contributed by atoms with Crippen LogP contribution in [-0.4, -0.2) is 76.0 Å². The summed E-state index contributed by atoms with van der Waals surface area (Å²) in [7, 11) is 23.3. The molecule has 2 aromatic heterocycles. The average Bonchev–Trinajstić information content (AvgIpc) is 3.66. The number of aryl methyl sites for hydroxylation is 1. The first-order valence-electron chi connectivity index (χ1n) is 12.1. The zero-order valence-corrected chi connectivity index (χ0v) is 20.0. The van der Waals surface area contributed by atoms with Gasteiger partial charge in [0.05, 0.1) is 0 Å². The van der Waals surface area contributed by atoms with Gasteiger partial charge in [0.15, 0.2) is 23.0 Å². The summed E-state index contributed by atoms with van der Waals surface area (Å²) >= 11 is 0. The Kier molecular flexibility index (Phi) is 5.36. The van der Waals surface area contributed by atoms with Crippen LogP contribution in [0.2, 0.25) is 0 Å². The second-order valence-corrected chi connectivity index (χ2v) is 9.92. The van der Waals surface area contributed by atoms with Gasteiger partial charge in [0.1, 0.15) is 43.2 Å².